The van der Waals surface area contributed by atoms with Gasteiger partial charge < -0.3 is 9.47 Å². The van der Waals surface area contributed by atoms with Gasteiger partial charge in [-0.3, -0.25) is 0 Å². The van der Waals surface area contributed by atoms with Gasteiger partial charge in [-0.2, -0.15) is 0 Å². The number of carbonyl (C=O) groups excluding carboxylic acids is 1. The summed E-state index contributed by atoms with van der Waals surface area (Å²) in [6.07, 6.45) is 1.44. The van der Waals surface area contributed by atoms with E-state index in [9.17, 15) is 9.18 Å². The molecule has 102 valence electrons. The quantitative estimate of drug-likeness (QED) is 0.608. The first-order valence-electron chi connectivity index (χ1n) is 6.55. The highest BCUT2D eigenvalue weighted by Crippen LogP contribution is 2.65. The minimum absolute atomic E-state index is 0.0101. The van der Waals surface area contributed by atoms with Crippen LogP contribution < -0.4 is 0 Å². The van der Waals surface area contributed by atoms with Gasteiger partial charge in [0.15, 0.2) is 0 Å². The van der Waals surface area contributed by atoms with Crippen molar-refractivity contribution in [3.63, 3.8) is 0 Å². The van der Waals surface area contributed by atoms with E-state index in [1.165, 1.54) is 19.2 Å². The molecule has 0 N–H and O–H groups in total. The molecule has 1 aromatic rings. The number of ether oxygens (including phenoxy) is 2. The SMILES string of the molecule is COC(=O)C1(C(C)C)OC12CCc1cc(F)ccc12. The number of carbonyl (C=O) groups is 1. The molecule has 2 atom stereocenters. The first-order chi connectivity index (χ1) is 8.98. The molecular weight excluding hydrogens is 247 g/mol. The number of halogens is 1. The van der Waals surface area contributed by atoms with Crippen LogP contribution in [0.4, 0.5) is 4.39 Å². The molecule has 3 rings (SSSR count). The van der Waals surface area contributed by atoms with E-state index in [0.29, 0.717) is 6.42 Å². The minimum atomic E-state index is -0.912. The van der Waals surface area contributed by atoms with E-state index in [0.717, 1.165) is 17.5 Å². The predicted molar refractivity (Wildman–Crippen MR) is 67.1 cm³/mol. The molecule has 1 aliphatic heterocycles. The van der Waals surface area contributed by atoms with E-state index in [-0.39, 0.29) is 17.7 Å². The zero-order valence-electron chi connectivity index (χ0n) is 11.3. The van der Waals surface area contributed by atoms with E-state index in [4.69, 9.17) is 9.47 Å². The van der Waals surface area contributed by atoms with Crippen molar-refractivity contribution in [1.82, 2.24) is 0 Å². The molecule has 1 saturated heterocycles. The van der Waals surface area contributed by atoms with Gasteiger partial charge in [0.1, 0.15) is 11.4 Å². The molecule has 0 aromatic heterocycles. The van der Waals surface area contributed by atoms with Crippen molar-refractivity contribution in [2.24, 2.45) is 5.92 Å². The molecule has 2 aliphatic rings. The van der Waals surface area contributed by atoms with Crippen LogP contribution in [-0.2, 0) is 26.3 Å². The van der Waals surface area contributed by atoms with Gasteiger partial charge in [-0.25, -0.2) is 9.18 Å². The van der Waals surface area contributed by atoms with Crippen molar-refractivity contribution in [3.8, 4) is 0 Å². The molecule has 1 fully saturated rings. The van der Waals surface area contributed by atoms with Crippen LogP contribution in [0, 0.1) is 11.7 Å². The molecule has 19 heavy (non-hydrogen) atoms. The molecule has 1 heterocycles. The Labute approximate surface area is 111 Å². The van der Waals surface area contributed by atoms with Crippen molar-refractivity contribution in [2.45, 2.75) is 37.9 Å². The summed E-state index contributed by atoms with van der Waals surface area (Å²) in [7, 11) is 1.38. The molecule has 0 saturated carbocycles. The van der Waals surface area contributed by atoms with Crippen LogP contribution in [0.2, 0.25) is 0 Å². The number of esters is 1. The van der Waals surface area contributed by atoms with Gasteiger partial charge in [0, 0.05) is 0 Å². The fourth-order valence-electron chi connectivity index (χ4n) is 3.53. The maximum Gasteiger partial charge on any atom is 0.341 e. The number of rotatable bonds is 2. The lowest BCUT2D eigenvalue weighted by Crippen LogP contribution is -2.38. The van der Waals surface area contributed by atoms with Crippen LogP contribution in [0.25, 0.3) is 0 Å². The third-order valence-corrected chi connectivity index (χ3v) is 4.44. The summed E-state index contributed by atoms with van der Waals surface area (Å²) in [5, 5.41) is 0. The Hall–Kier alpha value is -1.42. The highest BCUT2D eigenvalue weighted by molar-refractivity contribution is 5.86. The van der Waals surface area contributed by atoms with Crippen LogP contribution >= 0.6 is 0 Å². The molecule has 0 amide bonds. The lowest BCUT2D eigenvalue weighted by molar-refractivity contribution is -0.148. The molecule has 0 bridgehead atoms. The molecule has 2 unspecified atom stereocenters. The molecular formula is C15H17FO3. The van der Waals surface area contributed by atoms with E-state index in [1.54, 1.807) is 6.07 Å². The van der Waals surface area contributed by atoms with Crippen LogP contribution in [0.5, 0.6) is 0 Å². The van der Waals surface area contributed by atoms with Crippen LogP contribution in [0.1, 0.15) is 31.4 Å². The van der Waals surface area contributed by atoms with Crippen molar-refractivity contribution in [3.05, 3.63) is 35.1 Å². The van der Waals surface area contributed by atoms with Gasteiger partial charge in [-0.15, -0.1) is 0 Å². The number of hydrogen-bond donors (Lipinski definition) is 0. The van der Waals surface area contributed by atoms with Crippen molar-refractivity contribution in [1.29, 1.82) is 0 Å². The summed E-state index contributed by atoms with van der Waals surface area (Å²) in [6.45, 7) is 3.90. The lowest BCUT2D eigenvalue weighted by atomic mass is 9.80. The molecule has 3 nitrogen and oxygen atoms in total. The lowest BCUT2D eigenvalue weighted by Gasteiger charge is -2.18. The monoisotopic (exact) mass is 264 g/mol. The summed E-state index contributed by atoms with van der Waals surface area (Å²) in [6, 6.07) is 4.70. The number of methoxy groups -OCH3 is 1. The number of fused-ring (bicyclic) bond motifs is 2. The second-order valence-corrected chi connectivity index (χ2v) is 5.61. The Morgan fingerprint density at radius 2 is 2.21 bits per heavy atom. The third-order valence-electron chi connectivity index (χ3n) is 4.44. The van der Waals surface area contributed by atoms with E-state index >= 15 is 0 Å². The third kappa shape index (κ3) is 1.38. The molecule has 0 radical (unpaired) electrons. The highest BCUT2D eigenvalue weighted by Gasteiger charge is 2.78. The number of epoxide rings is 1. The summed E-state index contributed by atoms with van der Waals surface area (Å²) in [5.41, 5.74) is 0.349. The van der Waals surface area contributed by atoms with Crippen molar-refractivity contribution >= 4 is 5.97 Å². The summed E-state index contributed by atoms with van der Waals surface area (Å²) in [4.78, 5) is 12.2. The van der Waals surface area contributed by atoms with Gasteiger partial charge >= 0.3 is 5.97 Å². The van der Waals surface area contributed by atoms with Gasteiger partial charge in [0.05, 0.1) is 7.11 Å². The molecule has 1 aromatic carbocycles. The fraction of sp³-hybridized carbons (Fsp3) is 0.533. The largest absolute Gasteiger partial charge is 0.467 e. The Morgan fingerprint density at radius 3 is 2.84 bits per heavy atom. The standard InChI is InChI=1S/C15H17FO3/c1-9(2)15(13(17)18-3)14(19-15)7-6-10-8-11(16)4-5-12(10)14/h4-5,8-9H,6-7H2,1-3H3. The first-order valence-corrected chi connectivity index (χ1v) is 6.55. The van der Waals surface area contributed by atoms with Crippen molar-refractivity contribution in [2.75, 3.05) is 7.11 Å². The maximum absolute atomic E-state index is 13.3. The van der Waals surface area contributed by atoms with Crippen molar-refractivity contribution < 1.29 is 18.7 Å². The zero-order valence-corrected chi connectivity index (χ0v) is 11.3. The van der Waals surface area contributed by atoms with E-state index < -0.39 is 11.2 Å². The van der Waals surface area contributed by atoms with Gasteiger partial charge in [0.2, 0.25) is 5.60 Å². The smallest absolute Gasteiger partial charge is 0.341 e. The summed E-state index contributed by atoms with van der Waals surface area (Å²) < 4.78 is 24.1. The molecule has 1 aliphatic carbocycles. The Bertz CT molecular complexity index is 554. The Morgan fingerprint density at radius 1 is 1.47 bits per heavy atom. The highest BCUT2D eigenvalue weighted by atomic mass is 19.1. The average Bonchev–Trinajstić information content (AvgIpc) is 2.94. The average molecular weight is 264 g/mol. The first kappa shape index (κ1) is 12.6. The van der Waals surface area contributed by atoms with Crippen LogP contribution in [0.15, 0.2) is 18.2 Å². The van der Waals surface area contributed by atoms with Crippen LogP contribution in [-0.4, -0.2) is 18.7 Å². The maximum atomic E-state index is 13.3. The topological polar surface area (TPSA) is 38.8 Å². The van der Waals surface area contributed by atoms with Gasteiger partial charge in [0.25, 0.3) is 0 Å². The second-order valence-electron chi connectivity index (χ2n) is 5.61. The second kappa shape index (κ2) is 3.79. The van der Waals surface area contributed by atoms with Gasteiger partial charge in [-0.1, -0.05) is 19.9 Å². The fourth-order valence-corrected chi connectivity index (χ4v) is 3.53. The molecule has 1 spiro atoms. The van der Waals surface area contributed by atoms with Crippen LogP contribution in [0.3, 0.4) is 0 Å². The normalized spacial score (nSPS) is 31.6. The number of aryl methyl sites for hydroxylation is 1. The summed E-state index contributed by atoms with van der Waals surface area (Å²) >= 11 is 0. The minimum Gasteiger partial charge on any atom is -0.467 e. The number of hydrogen-bond acceptors (Lipinski definition) is 3. The molecule has 4 heteroatoms. The summed E-state index contributed by atoms with van der Waals surface area (Å²) in [5.74, 6) is -0.569. The van der Waals surface area contributed by atoms with E-state index in [2.05, 4.69) is 0 Å². The predicted octanol–water partition coefficient (Wildman–Crippen LogP) is 2.57. The zero-order chi connectivity index (χ0) is 13.8. The Balaban J connectivity index is 2.08. The Kier molecular flexibility index (Phi) is 2.52. The number of benzene rings is 1. The van der Waals surface area contributed by atoms with E-state index in [1.807, 2.05) is 13.8 Å². The van der Waals surface area contributed by atoms with Gasteiger partial charge in [-0.05, 0) is 42.0 Å².